The van der Waals surface area contributed by atoms with Crippen LogP contribution < -0.4 is 5.73 Å². The molecule has 0 unspecified atom stereocenters. The van der Waals surface area contributed by atoms with Crippen LogP contribution in [0.2, 0.25) is 0 Å². The second-order valence-corrected chi connectivity index (χ2v) is 10.3. The van der Waals surface area contributed by atoms with E-state index >= 15 is 0 Å². The molecule has 0 saturated heterocycles. The van der Waals surface area contributed by atoms with Crippen LogP contribution in [0.4, 0.5) is 0 Å². The first-order valence-corrected chi connectivity index (χ1v) is 15.7. The van der Waals surface area contributed by atoms with Crippen molar-refractivity contribution in [2.75, 3.05) is 0 Å². The predicted molar refractivity (Wildman–Crippen MR) is 175 cm³/mol. The van der Waals surface area contributed by atoms with Gasteiger partial charge >= 0.3 is 11.9 Å². The summed E-state index contributed by atoms with van der Waals surface area (Å²) in [5.74, 6) is -1.37. The fraction of sp³-hybridized carbons (Fsp3) is 0.688. The van der Waals surface area contributed by atoms with Crippen LogP contribution in [0.25, 0.3) is 6.15 Å². The van der Waals surface area contributed by atoms with Crippen LogP contribution in [0.1, 0.15) is 141 Å². The van der Waals surface area contributed by atoms with E-state index in [1.807, 2.05) is 0 Å². The van der Waals surface area contributed by atoms with Crippen molar-refractivity contribution in [2.24, 2.45) is 5.73 Å². The molecule has 265 valence electrons. The summed E-state index contributed by atoms with van der Waals surface area (Å²) in [7, 11) is 1.23. The molecular weight excluding hydrogens is 720 g/mol. The van der Waals surface area contributed by atoms with E-state index in [4.69, 9.17) is 15.9 Å². The average Bonchev–Trinajstić information content (AvgIpc) is 2.85. The van der Waals surface area contributed by atoms with E-state index in [1.165, 1.54) is 87.3 Å². The second kappa shape index (κ2) is 57.8. The standard InChI is InChI=1S/C15H28NO2.C15H29O2Si.2CH3.2Cu.H2N.Y/c16-14-12-10-8-6-4-2-1-3-5-7-9-11-13-15(17)18;16-15(17)13-11-9-7-5-3-1-2-4-6-8-10-12-14-18;;;;;;/h7-8,14H,1-6,9-13,16H2,(H,17,18);7-8,14H,1-6,9-13H2,18H3,(H,16,17);2*1H3;;;1H2;/q2*-3;2*-1;;;-1;. The fourth-order valence-electron chi connectivity index (χ4n) is 3.73. The van der Waals surface area contributed by atoms with Crippen LogP contribution in [0.5, 0.6) is 0 Å². The molecule has 3 radical (unpaired) electrons. The molecule has 42 heavy (non-hydrogen) atoms. The first-order chi connectivity index (χ1) is 17.5. The third kappa shape index (κ3) is 68.4. The first-order valence-electron chi connectivity index (χ1n) is 14.6. The number of carbonyl (C=O) groups is 2. The Hall–Kier alpha value is 1.22. The fourth-order valence-corrected chi connectivity index (χ4v) is 4.07. The Morgan fingerprint density at radius 1 is 0.524 bits per heavy atom. The zero-order chi connectivity index (χ0) is 27.0. The number of aliphatic carboxylic acids is 2. The molecule has 0 rings (SSSR count). The largest absolute Gasteiger partial charge is 0.693 e. The molecule has 0 atom stereocenters. The van der Waals surface area contributed by atoms with Crippen molar-refractivity contribution in [3.05, 3.63) is 59.3 Å². The molecule has 0 aromatic rings. The third-order valence-corrected chi connectivity index (χ3v) is 6.51. The molecular formula is C32H65Cu2N2O4SiY-9. The predicted octanol–water partition coefficient (Wildman–Crippen LogP) is 8.80. The number of hydrogen-bond donors (Lipinski definition) is 3. The Morgan fingerprint density at radius 3 is 1.10 bits per heavy atom. The van der Waals surface area contributed by atoms with Gasteiger partial charge in [-0.2, -0.15) is 44.9 Å². The van der Waals surface area contributed by atoms with Crippen LogP contribution in [0.15, 0.2) is 0 Å². The molecule has 6 N–H and O–H groups in total. The van der Waals surface area contributed by atoms with Crippen LogP contribution in [0, 0.1) is 53.1 Å². The minimum atomic E-state index is -0.688. The van der Waals surface area contributed by atoms with Crippen molar-refractivity contribution < 1.29 is 86.6 Å². The molecule has 0 aliphatic carbocycles. The Kier molecular flexibility index (Phi) is 85.5. The van der Waals surface area contributed by atoms with Crippen molar-refractivity contribution in [3.63, 3.8) is 0 Å². The van der Waals surface area contributed by atoms with E-state index in [0.717, 1.165) is 51.4 Å². The molecule has 0 spiro atoms. The number of carboxylic acids is 2. The van der Waals surface area contributed by atoms with Gasteiger partial charge in [-0.1, -0.05) is 64.2 Å². The smallest absolute Gasteiger partial charge is 0.303 e. The Balaban J connectivity index is -0.0000000803. The van der Waals surface area contributed by atoms with Crippen LogP contribution >= 0.6 is 0 Å². The summed E-state index contributed by atoms with van der Waals surface area (Å²) >= 11 is 0. The SMILES string of the molecule is N[CH-]CC[CH-]CCCCCC[CH-]CCCC(=O)O.O=C(O)CCC[CH-]CCCCCC[CH-]CC[CH-][SiH3].[CH3-].[CH3-].[Cu].[Cu].[NH2-].[Y]. The minimum Gasteiger partial charge on any atom is -0.693 e. The summed E-state index contributed by atoms with van der Waals surface area (Å²) in [5, 5.41) is 16.9. The van der Waals surface area contributed by atoms with Crippen LogP contribution in [-0.4, -0.2) is 32.4 Å². The molecule has 0 heterocycles. The van der Waals surface area contributed by atoms with Gasteiger partial charge in [0.05, 0.1) is 0 Å². The van der Waals surface area contributed by atoms with Crippen molar-refractivity contribution in [3.8, 4) is 0 Å². The van der Waals surface area contributed by atoms with Gasteiger partial charge in [0.25, 0.3) is 0 Å². The maximum Gasteiger partial charge on any atom is 0.303 e. The van der Waals surface area contributed by atoms with Crippen molar-refractivity contribution in [1.29, 1.82) is 0 Å². The third-order valence-electron chi connectivity index (χ3n) is 5.93. The van der Waals surface area contributed by atoms with Crippen molar-refractivity contribution in [1.82, 2.24) is 0 Å². The summed E-state index contributed by atoms with van der Waals surface area (Å²) in [5.41, 5.74) is 5.29. The zero-order valence-electron chi connectivity index (χ0n) is 27.1. The van der Waals surface area contributed by atoms with Gasteiger partial charge in [-0.3, -0.25) is 16.1 Å². The topological polar surface area (TPSA) is 134 Å². The number of rotatable bonds is 28. The molecule has 0 aromatic carbocycles. The molecule has 10 heteroatoms. The quantitative estimate of drug-likeness (QED) is 0.0414. The minimum absolute atomic E-state index is 0. The molecule has 0 aliphatic rings. The van der Waals surface area contributed by atoms with Gasteiger partial charge < -0.3 is 68.7 Å². The van der Waals surface area contributed by atoms with Gasteiger partial charge in [0, 0.05) is 79.7 Å². The van der Waals surface area contributed by atoms with Gasteiger partial charge in [0.15, 0.2) is 0 Å². The molecule has 0 fully saturated rings. The van der Waals surface area contributed by atoms with E-state index in [0.29, 0.717) is 12.8 Å². The molecule has 6 nitrogen and oxygen atoms in total. The van der Waals surface area contributed by atoms with Crippen molar-refractivity contribution >= 4 is 22.2 Å². The van der Waals surface area contributed by atoms with Crippen molar-refractivity contribution in [2.45, 2.75) is 141 Å². The van der Waals surface area contributed by atoms with Crippen LogP contribution in [-0.2, 0) is 76.4 Å². The average molecular weight is 786 g/mol. The second-order valence-electron chi connectivity index (χ2n) is 9.51. The van der Waals surface area contributed by atoms with Crippen LogP contribution in [0.3, 0.4) is 0 Å². The molecule has 0 bridgehead atoms. The molecule has 0 amide bonds. The van der Waals surface area contributed by atoms with E-state index < -0.39 is 11.9 Å². The zero-order valence-corrected chi connectivity index (χ0v) is 33.8. The summed E-state index contributed by atoms with van der Waals surface area (Å²) in [6.45, 7) is 1.72. The van der Waals surface area contributed by atoms with Gasteiger partial charge in [-0.15, -0.1) is 10.2 Å². The van der Waals surface area contributed by atoms with Gasteiger partial charge in [0.1, 0.15) is 0 Å². The number of hydrogen-bond acceptors (Lipinski definition) is 3. The maximum absolute atomic E-state index is 10.3. The Morgan fingerprint density at radius 2 is 0.810 bits per heavy atom. The van der Waals surface area contributed by atoms with Gasteiger partial charge in [-0.05, 0) is 0 Å². The Bertz CT molecular complexity index is 432. The number of unbranched alkanes of at least 4 members (excludes halogenated alkanes) is 22. The Labute approximate surface area is 312 Å². The molecule has 0 aliphatic heterocycles. The molecule has 0 saturated carbocycles. The summed E-state index contributed by atoms with van der Waals surface area (Å²) in [4.78, 5) is 20.6. The monoisotopic (exact) mass is 784 g/mol. The number of carboxylic acid groups (broad SMARTS) is 2. The molecule has 0 aromatic heterocycles. The van der Waals surface area contributed by atoms with E-state index in [9.17, 15) is 9.59 Å². The summed E-state index contributed by atoms with van der Waals surface area (Å²) < 4.78 is 0. The summed E-state index contributed by atoms with van der Waals surface area (Å²) in [6.07, 6.45) is 33.0. The first kappa shape index (κ1) is 62.1. The van der Waals surface area contributed by atoms with Gasteiger partial charge in [0.2, 0.25) is 0 Å². The maximum atomic E-state index is 10.3. The van der Waals surface area contributed by atoms with E-state index in [1.54, 1.807) is 6.54 Å². The number of nitrogens with two attached hydrogens (primary N) is 2. The van der Waals surface area contributed by atoms with E-state index in [-0.39, 0.29) is 87.9 Å². The normalized spacial score (nSPS) is 9.26. The van der Waals surface area contributed by atoms with E-state index in [2.05, 4.69) is 31.7 Å². The van der Waals surface area contributed by atoms with Gasteiger partial charge in [-0.25, -0.2) is 19.3 Å². The summed E-state index contributed by atoms with van der Waals surface area (Å²) in [6, 6.07) is 2.36.